The molecule has 2 N–H and O–H groups in total. The van der Waals surface area contributed by atoms with Crippen molar-refractivity contribution in [2.75, 3.05) is 26.8 Å². The van der Waals surface area contributed by atoms with Crippen LogP contribution in [-0.4, -0.2) is 37.7 Å². The third kappa shape index (κ3) is 4.58. The van der Waals surface area contributed by atoms with Gasteiger partial charge in [-0.1, -0.05) is 29.8 Å². The van der Waals surface area contributed by atoms with Gasteiger partial charge in [0.25, 0.3) is 0 Å². The van der Waals surface area contributed by atoms with E-state index in [1.54, 1.807) is 0 Å². The monoisotopic (exact) mass is 276 g/mol. The maximum absolute atomic E-state index is 6.37. The Kier molecular flexibility index (Phi) is 5.58. The fourth-order valence-corrected chi connectivity index (χ4v) is 2.29. The molecule has 112 valence electrons. The largest absolute Gasteiger partial charge is 0.380 e. The lowest BCUT2D eigenvalue weighted by Gasteiger charge is -2.30. The lowest BCUT2D eigenvalue weighted by atomic mass is 9.99. The van der Waals surface area contributed by atoms with Crippen LogP contribution < -0.4 is 5.73 Å². The molecule has 2 unspecified atom stereocenters. The van der Waals surface area contributed by atoms with Gasteiger partial charge in [0.15, 0.2) is 0 Å². The molecule has 0 spiro atoms. The summed E-state index contributed by atoms with van der Waals surface area (Å²) in [6.07, 6.45) is 2.70. The average Bonchev–Trinajstić information content (AvgIpc) is 3.26. The number of likely N-dealkylation sites (N-methyl/N-ethyl adjacent to an activating group) is 1. The minimum Gasteiger partial charge on any atom is -0.380 e. The minimum atomic E-state index is 0.0454. The van der Waals surface area contributed by atoms with Crippen LogP contribution in [0, 0.1) is 12.8 Å². The molecule has 1 aromatic rings. The highest BCUT2D eigenvalue weighted by Crippen LogP contribution is 2.28. The number of aryl methyl sites for hydroxylation is 1. The molecular weight excluding hydrogens is 248 g/mol. The van der Waals surface area contributed by atoms with Gasteiger partial charge in [-0.05, 0) is 45.2 Å². The quantitative estimate of drug-likeness (QED) is 0.742. The van der Waals surface area contributed by atoms with Crippen molar-refractivity contribution < 1.29 is 4.74 Å². The Morgan fingerprint density at radius 3 is 2.55 bits per heavy atom. The van der Waals surface area contributed by atoms with Gasteiger partial charge in [-0.25, -0.2) is 0 Å². The summed E-state index contributed by atoms with van der Waals surface area (Å²) < 4.78 is 5.70. The molecule has 0 heterocycles. The zero-order valence-corrected chi connectivity index (χ0v) is 13.0. The minimum absolute atomic E-state index is 0.0454. The maximum atomic E-state index is 6.37. The van der Waals surface area contributed by atoms with Crippen molar-refractivity contribution in [1.29, 1.82) is 0 Å². The third-order valence-electron chi connectivity index (χ3n) is 4.32. The van der Waals surface area contributed by atoms with Gasteiger partial charge in [0.1, 0.15) is 0 Å². The van der Waals surface area contributed by atoms with E-state index in [2.05, 4.69) is 50.1 Å². The lowest BCUT2D eigenvalue weighted by Crippen LogP contribution is -2.40. The lowest BCUT2D eigenvalue weighted by molar-refractivity contribution is 0.0896. The zero-order chi connectivity index (χ0) is 14.5. The van der Waals surface area contributed by atoms with Gasteiger partial charge in [0, 0.05) is 25.2 Å². The van der Waals surface area contributed by atoms with Crippen LogP contribution in [0.5, 0.6) is 0 Å². The standard InChI is InChI=1S/C17H28N2O/c1-13-4-8-16(9-5-13)17(18)14(2)19(3)10-11-20-12-15-6-7-15/h4-5,8-9,14-15,17H,6-7,10-12,18H2,1-3H3. The Bertz CT molecular complexity index is 400. The van der Waals surface area contributed by atoms with Gasteiger partial charge in [-0.2, -0.15) is 0 Å². The van der Waals surface area contributed by atoms with E-state index in [0.717, 1.165) is 25.7 Å². The summed E-state index contributed by atoms with van der Waals surface area (Å²) in [6.45, 7) is 6.96. The molecular formula is C17H28N2O. The van der Waals surface area contributed by atoms with E-state index < -0.39 is 0 Å². The van der Waals surface area contributed by atoms with Gasteiger partial charge in [0.2, 0.25) is 0 Å². The summed E-state index contributed by atoms with van der Waals surface area (Å²) in [6, 6.07) is 8.87. The molecule has 1 aliphatic carbocycles. The van der Waals surface area contributed by atoms with Crippen LogP contribution in [-0.2, 0) is 4.74 Å². The number of nitrogens with zero attached hydrogens (tertiary/aromatic N) is 1. The fourth-order valence-electron chi connectivity index (χ4n) is 2.29. The number of rotatable bonds is 8. The summed E-state index contributed by atoms with van der Waals surface area (Å²) in [4.78, 5) is 2.29. The predicted molar refractivity (Wildman–Crippen MR) is 83.7 cm³/mol. The van der Waals surface area contributed by atoms with Crippen molar-refractivity contribution >= 4 is 0 Å². The van der Waals surface area contributed by atoms with Gasteiger partial charge >= 0.3 is 0 Å². The highest BCUT2D eigenvalue weighted by atomic mass is 16.5. The van der Waals surface area contributed by atoms with Crippen molar-refractivity contribution in [2.24, 2.45) is 11.7 Å². The van der Waals surface area contributed by atoms with E-state index in [9.17, 15) is 0 Å². The maximum Gasteiger partial charge on any atom is 0.0593 e. The van der Waals surface area contributed by atoms with Crippen molar-refractivity contribution in [2.45, 2.75) is 38.8 Å². The van der Waals surface area contributed by atoms with Gasteiger partial charge in [0.05, 0.1) is 6.61 Å². The third-order valence-corrected chi connectivity index (χ3v) is 4.32. The molecule has 0 saturated heterocycles. The van der Waals surface area contributed by atoms with Crippen molar-refractivity contribution in [1.82, 2.24) is 4.90 Å². The zero-order valence-electron chi connectivity index (χ0n) is 13.0. The highest BCUT2D eigenvalue weighted by Gasteiger charge is 2.22. The molecule has 1 fully saturated rings. The van der Waals surface area contributed by atoms with E-state index in [0.29, 0.717) is 6.04 Å². The van der Waals surface area contributed by atoms with E-state index in [-0.39, 0.29) is 6.04 Å². The molecule has 0 aromatic heterocycles. The predicted octanol–water partition coefficient (Wildman–Crippen LogP) is 2.74. The summed E-state index contributed by atoms with van der Waals surface area (Å²) in [5.41, 5.74) is 8.85. The van der Waals surface area contributed by atoms with Gasteiger partial charge in [-0.15, -0.1) is 0 Å². The Morgan fingerprint density at radius 2 is 1.95 bits per heavy atom. The highest BCUT2D eigenvalue weighted by molar-refractivity contribution is 5.24. The Morgan fingerprint density at radius 1 is 1.30 bits per heavy atom. The molecule has 2 atom stereocenters. The van der Waals surface area contributed by atoms with Crippen LogP contribution in [0.1, 0.15) is 36.9 Å². The normalized spacial score (nSPS) is 18.2. The number of ether oxygens (including phenoxy) is 1. The van der Waals surface area contributed by atoms with Gasteiger partial charge < -0.3 is 10.5 Å². The van der Waals surface area contributed by atoms with Gasteiger partial charge in [-0.3, -0.25) is 4.90 Å². The van der Waals surface area contributed by atoms with Crippen molar-refractivity contribution in [3.63, 3.8) is 0 Å². The molecule has 0 bridgehead atoms. The van der Waals surface area contributed by atoms with Crippen LogP contribution in [0.3, 0.4) is 0 Å². The van der Waals surface area contributed by atoms with E-state index in [4.69, 9.17) is 10.5 Å². The smallest absolute Gasteiger partial charge is 0.0593 e. The Balaban J connectivity index is 1.75. The van der Waals surface area contributed by atoms with Crippen molar-refractivity contribution in [3.05, 3.63) is 35.4 Å². The average molecular weight is 276 g/mol. The second kappa shape index (κ2) is 7.21. The SMILES string of the molecule is Cc1ccc(C(N)C(C)N(C)CCOCC2CC2)cc1. The van der Waals surface area contributed by atoms with Crippen LogP contribution >= 0.6 is 0 Å². The number of benzene rings is 1. The summed E-state index contributed by atoms with van der Waals surface area (Å²) in [5.74, 6) is 0.840. The first kappa shape index (κ1) is 15.5. The molecule has 3 nitrogen and oxygen atoms in total. The summed E-state index contributed by atoms with van der Waals surface area (Å²) >= 11 is 0. The van der Waals surface area contributed by atoms with Crippen LogP contribution in [0.15, 0.2) is 24.3 Å². The first-order valence-corrected chi connectivity index (χ1v) is 7.68. The molecule has 0 radical (unpaired) electrons. The second-order valence-electron chi connectivity index (χ2n) is 6.18. The first-order valence-electron chi connectivity index (χ1n) is 7.68. The first-order chi connectivity index (χ1) is 9.58. The number of nitrogens with two attached hydrogens (primary N) is 1. The molecule has 3 heteroatoms. The second-order valence-corrected chi connectivity index (χ2v) is 6.18. The topological polar surface area (TPSA) is 38.5 Å². The van der Waals surface area contributed by atoms with Crippen LogP contribution in [0.4, 0.5) is 0 Å². The summed E-state index contributed by atoms with van der Waals surface area (Å²) in [7, 11) is 2.12. The Labute approximate surface area is 123 Å². The number of hydrogen-bond acceptors (Lipinski definition) is 3. The summed E-state index contributed by atoms with van der Waals surface area (Å²) in [5, 5.41) is 0. The molecule has 1 aliphatic rings. The van der Waals surface area contributed by atoms with Crippen LogP contribution in [0.25, 0.3) is 0 Å². The molecule has 20 heavy (non-hydrogen) atoms. The fraction of sp³-hybridized carbons (Fsp3) is 0.647. The molecule has 1 aromatic carbocycles. The molecule has 1 saturated carbocycles. The van der Waals surface area contributed by atoms with E-state index in [1.807, 2.05) is 0 Å². The molecule has 0 amide bonds. The van der Waals surface area contributed by atoms with Crippen LogP contribution in [0.2, 0.25) is 0 Å². The number of hydrogen-bond donors (Lipinski definition) is 1. The molecule has 2 rings (SSSR count). The Hall–Kier alpha value is -0.900. The molecule has 0 aliphatic heterocycles. The van der Waals surface area contributed by atoms with Crippen molar-refractivity contribution in [3.8, 4) is 0 Å². The van der Waals surface area contributed by atoms with E-state index in [1.165, 1.54) is 24.0 Å². The van der Waals surface area contributed by atoms with E-state index >= 15 is 0 Å².